The van der Waals surface area contributed by atoms with E-state index in [0.29, 0.717) is 13.0 Å². The van der Waals surface area contributed by atoms with Crippen LogP contribution < -0.4 is 0 Å². The van der Waals surface area contributed by atoms with Crippen LogP contribution in [0, 0.1) is 5.92 Å². The molecule has 4 nitrogen and oxygen atoms in total. The summed E-state index contributed by atoms with van der Waals surface area (Å²) in [5, 5.41) is 9.14. The maximum Gasteiger partial charge on any atom is 0.326 e. The number of carboxylic acids is 1. The van der Waals surface area contributed by atoms with Gasteiger partial charge in [-0.1, -0.05) is 37.3 Å². The van der Waals surface area contributed by atoms with Crippen molar-refractivity contribution in [2.24, 2.45) is 5.92 Å². The summed E-state index contributed by atoms with van der Waals surface area (Å²) in [6, 6.07) is 9.51. The van der Waals surface area contributed by atoms with Gasteiger partial charge in [0.15, 0.2) is 0 Å². The molecule has 0 spiro atoms. The Morgan fingerprint density at radius 2 is 2.10 bits per heavy atom. The molecule has 1 saturated heterocycles. The number of thioether (sulfide) groups is 1. The molecule has 1 heterocycles. The van der Waals surface area contributed by atoms with Crippen molar-refractivity contribution in [3.05, 3.63) is 35.9 Å². The Bertz CT molecular complexity index is 492. The van der Waals surface area contributed by atoms with Gasteiger partial charge in [-0.05, 0) is 18.4 Å². The summed E-state index contributed by atoms with van der Waals surface area (Å²) in [5.74, 6) is 0.543. The Labute approximate surface area is 129 Å². The molecule has 21 heavy (non-hydrogen) atoms. The molecule has 1 fully saturated rings. The lowest BCUT2D eigenvalue weighted by atomic mass is 10.1. The van der Waals surface area contributed by atoms with Crippen LogP contribution in [0.5, 0.6) is 0 Å². The van der Waals surface area contributed by atoms with Gasteiger partial charge in [-0.15, -0.1) is 0 Å². The highest BCUT2D eigenvalue weighted by Crippen LogP contribution is 2.22. The number of aliphatic carboxylic acids is 1. The molecule has 5 heteroatoms. The van der Waals surface area contributed by atoms with Crippen molar-refractivity contribution in [3.8, 4) is 0 Å². The summed E-state index contributed by atoms with van der Waals surface area (Å²) < 4.78 is 0. The molecule has 1 aliphatic heterocycles. The number of carboxylic acid groups (broad SMARTS) is 1. The van der Waals surface area contributed by atoms with Gasteiger partial charge in [0.05, 0.1) is 0 Å². The Hall–Kier alpha value is -1.49. The molecule has 1 aromatic carbocycles. The predicted octanol–water partition coefficient (Wildman–Crippen LogP) is 2.63. The summed E-state index contributed by atoms with van der Waals surface area (Å²) >= 11 is 1.72. The van der Waals surface area contributed by atoms with Crippen molar-refractivity contribution in [1.29, 1.82) is 0 Å². The minimum absolute atomic E-state index is 0.0274. The molecule has 1 aliphatic rings. The van der Waals surface area contributed by atoms with Gasteiger partial charge in [0.2, 0.25) is 5.91 Å². The van der Waals surface area contributed by atoms with E-state index in [4.69, 9.17) is 5.11 Å². The Morgan fingerprint density at radius 1 is 1.38 bits per heavy atom. The third kappa shape index (κ3) is 4.24. The smallest absolute Gasteiger partial charge is 0.326 e. The number of carbonyl (C=O) groups excluding carboxylic acids is 1. The number of hydrogen-bond donors (Lipinski definition) is 1. The number of likely N-dealkylation sites (tertiary alicyclic amines) is 1. The van der Waals surface area contributed by atoms with Crippen LogP contribution in [0.25, 0.3) is 0 Å². The second-order valence-electron chi connectivity index (χ2n) is 5.43. The van der Waals surface area contributed by atoms with Crippen LogP contribution in [0.15, 0.2) is 30.3 Å². The molecular weight excluding hydrogens is 286 g/mol. The first-order chi connectivity index (χ1) is 10.1. The number of amides is 1. The van der Waals surface area contributed by atoms with Crippen molar-refractivity contribution in [2.45, 2.75) is 31.6 Å². The van der Waals surface area contributed by atoms with Crippen LogP contribution in [0.2, 0.25) is 0 Å². The first-order valence-electron chi connectivity index (χ1n) is 7.24. The van der Waals surface area contributed by atoms with Gasteiger partial charge >= 0.3 is 5.97 Å². The van der Waals surface area contributed by atoms with E-state index in [2.05, 4.69) is 12.1 Å². The number of carbonyl (C=O) groups is 2. The van der Waals surface area contributed by atoms with E-state index in [1.54, 1.807) is 11.8 Å². The summed E-state index contributed by atoms with van der Waals surface area (Å²) in [4.78, 5) is 25.0. The first-order valence-corrected chi connectivity index (χ1v) is 8.40. The minimum Gasteiger partial charge on any atom is -0.480 e. The molecule has 0 bridgehead atoms. The van der Waals surface area contributed by atoms with Gasteiger partial charge in [0.1, 0.15) is 6.04 Å². The van der Waals surface area contributed by atoms with Crippen LogP contribution in [0.1, 0.15) is 25.3 Å². The third-order valence-corrected chi connectivity index (χ3v) is 5.00. The quantitative estimate of drug-likeness (QED) is 0.878. The molecule has 0 saturated carbocycles. The zero-order chi connectivity index (χ0) is 15.2. The van der Waals surface area contributed by atoms with Gasteiger partial charge in [0, 0.05) is 24.0 Å². The highest BCUT2D eigenvalue weighted by Gasteiger charge is 2.35. The second kappa shape index (κ2) is 7.50. The maximum absolute atomic E-state index is 12.4. The lowest BCUT2D eigenvalue weighted by Gasteiger charge is -2.24. The Kier molecular flexibility index (Phi) is 5.67. The summed E-state index contributed by atoms with van der Waals surface area (Å²) in [6.45, 7) is 2.46. The fourth-order valence-corrected chi connectivity index (χ4v) is 3.61. The van der Waals surface area contributed by atoms with Crippen LogP contribution in [-0.2, 0) is 15.3 Å². The standard InChI is InChI=1S/C16H21NO3S/c1-12(10-21-11-13-6-3-2-4-7-13)15(18)17-9-5-8-14(17)16(19)20/h2-4,6-7,12,14H,5,8-11H2,1H3,(H,19,20)/t12?,14-/m0/s1. The second-order valence-corrected chi connectivity index (χ2v) is 6.46. The van der Waals surface area contributed by atoms with E-state index in [1.165, 1.54) is 10.5 Å². The highest BCUT2D eigenvalue weighted by atomic mass is 32.2. The average Bonchev–Trinajstić information content (AvgIpc) is 2.97. The average molecular weight is 307 g/mol. The van der Waals surface area contributed by atoms with E-state index in [9.17, 15) is 9.59 Å². The summed E-state index contributed by atoms with van der Waals surface area (Å²) in [7, 11) is 0. The van der Waals surface area contributed by atoms with Crippen molar-refractivity contribution in [1.82, 2.24) is 4.90 Å². The van der Waals surface area contributed by atoms with Gasteiger partial charge in [-0.2, -0.15) is 11.8 Å². The number of nitrogens with zero attached hydrogens (tertiary/aromatic N) is 1. The van der Waals surface area contributed by atoms with Crippen LogP contribution >= 0.6 is 11.8 Å². The molecule has 114 valence electrons. The third-order valence-electron chi connectivity index (χ3n) is 3.72. The van der Waals surface area contributed by atoms with Gasteiger partial charge in [-0.25, -0.2) is 4.79 Å². The fraction of sp³-hybridized carbons (Fsp3) is 0.500. The maximum atomic E-state index is 12.4. The Balaban J connectivity index is 1.81. The molecule has 0 aromatic heterocycles. The van der Waals surface area contributed by atoms with Crippen LogP contribution in [0.4, 0.5) is 0 Å². The van der Waals surface area contributed by atoms with Crippen molar-refractivity contribution < 1.29 is 14.7 Å². The van der Waals surface area contributed by atoms with Crippen molar-refractivity contribution >= 4 is 23.6 Å². The molecule has 1 N–H and O–H groups in total. The largest absolute Gasteiger partial charge is 0.480 e. The van der Waals surface area contributed by atoms with E-state index in [-0.39, 0.29) is 11.8 Å². The van der Waals surface area contributed by atoms with Gasteiger partial charge in [0.25, 0.3) is 0 Å². The van der Waals surface area contributed by atoms with Gasteiger partial charge < -0.3 is 10.0 Å². The normalized spacial score (nSPS) is 19.5. The Morgan fingerprint density at radius 3 is 2.76 bits per heavy atom. The summed E-state index contributed by atoms with van der Waals surface area (Å²) in [5.41, 5.74) is 1.24. The summed E-state index contributed by atoms with van der Waals surface area (Å²) in [6.07, 6.45) is 1.36. The molecule has 1 aromatic rings. The molecule has 2 rings (SSSR count). The molecular formula is C16H21NO3S. The fourth-order valence-electron chi connectivity index (χ4n) is 2.57. The number of benzene rings is 1. The van der Waals surface area contributed by atoms with Crippen molar-refractivity contribution in [3.63, 3.8) is 0 Å². The molecule has 0 radical (unpaired) electrons. The van der Waals surface area contributed by atoms with E-state index in [0.717, 1.165) is 17.9 Å². The van der Waals surface area contributed by atoms with Gasteiger partial charge in [-0.3, -0.25) is 4.79 Å². The molecule has 2 atom stereocenters. The van der Waals surface area contributed by atoms with E-state index < -0.39 is 12.0 Å². The molecule has 0 aliphatic carbocycles. The zero-order valence-corrected chi connectivity index (χ0v) is 13.0. The number of rotatable bonds is 6. The van der Waals surface area contributed by atoms with Crippen LogP contribution in [-0.4, -0.2) is 40.2 Å². The zero-order valence-electron chi connectivity index (χ0n) is 12.2. The topological polar surface area (TPSA) is 57.6 Å². The first kappa shape index (κ1) is 15.9. The monoisotopic (exact) mass is 307 g/mol. The lowest BCUT2D eigenvalue weighted by Crippen LogP contribution is -2.43. The predicted molar refractivity (Wildman–Crippen MR) is 84.1 cm³/mol. The lowest BCUT2D eigenvalue weighted by molar-refractivity contribution is -0.149. The highest BCUT2D eigenvalue weighted by molar-refractivity contribution is 7.98. The molecule has 1 amide bonds. The molecule has 1 unspecified atom stereocenters. The van der Waals surface area contributed by atoms with Crippen LogP contribution in [0.3, 0.4) is 0 Å². The van der Waals surface area contributed by atoms with Crippen molar-refractivity contribution in [2.75, 3.05) is 12.3 Å². The SMILES string of the molecule is CC(CSCc1ccccc1)C(=O)N1CCC[C@H]1C(=O)O. The van der Waals surface area contributed by atoms with E-state index >= 15 is 0 Å². The number of hydrogen-bond acceptors (Lipinski definition) is 3. The minimum atomic E-state index is -0.884. The van der Waals surface area contributed by atoms with E-state index in [1.807, 2.05) is 25.1 Å².